The number of fused-ring (bicyclic) bond motifs is 1. The summed E-state index contributed by atoms with van der Waals surface area (Å²) in [4.78, 5) is 21.6. The monoisotopic (exact) mass is 436 g/mol. The van der Waals surface area contributed by atoms with Gasteiger partial charge in [-0.05, 0) is 48.4 Å². The van der Waals surface area contributed by atoms with Gasteiger partial charge in [0.15, 0.2) is 5.82 Å². The average Bonchev–Trinajstić information content (AvgIpc) is 3.32. The van der Waals surface area contributed by atoms with Gasteiger partial charge in [-0.15, -0.1) is 0 Å². The van der Waals surface area contributed by atoms with Crippen LogP contribution in [0.1, 0.15) is 17.0 Å². The first-order valence-corrected chi connectivity index (χ1v) is 10.2. The molecule has 4 aromatic heterocycles. The Morgan fingerprint density at radius 1 is 0.909 bits per heavy atom. The van der Waals surface area contributed by atoms with Crippen molar-refractivity contribution >= 4 is 16.9 Å². The maximum absolute atomic E-state index is 13.0. The van der Waals surface area contributed by atoms with Crippen LogP contribution in [0.15, 0.2) is 67.3 Å². The van der Waals surface area contributed by atoms with Gasteiger partial charge in [-0.3, -0.25) is 10.1 Å². The van der Waals surface area contributed by atoms with Gasteiger partial charge in [-0.2, -0.15) is 5.10 Å². The summed E-state index contributed by atoms with van der Waals surface area (Å²) in [5, 5.41) is 11.1. The molecule has 0 bridgehead atoms. The zero-order valence-corrected chi connectivity index (χ0v) is 17.3. The fourth-order valence-electron chi connectivity index (χ4n) is 3.13. The Balaban J connectivity index is 1.29. The highest BCUT2D eigenvalue weighted by Crippen LogP contribution is 2.14. The lowest BCUT2D eigenvalue weighted by Crippen LogP contribution is -2.09. The molecule has 9 heteroatoms. The van der Waals surface area contributed by atoms with Gasteiger partial charge in [0.05, 0.1) is 17.9 Å². The summed E-state index contributed by atoms with van der Waals surface area (Å²) in [5.41, 5.74) is 3.78. The summed E-state index contributed by atoms with van der Waals surface area (Å²) in [6.45, 7) is 0.551. The Kier molecular flexibility index (Phi) is 5.63. The van der Waals surface area contributed by atoms with Crippen LogP contribution in [0.25, 0.3) is 22.4 Å². The van der Waals surface area contributed by atoms with E-state index in [1.165, 1.54) is 12.3 Å². The normalized spacial score (nSPS) is 10.6. The fraction of sp³-hybridized carbons (Fsp3) is 0.0833. The number of nitrogens with zero attached hydrogens (tertiary/aromatic N) is 6. The van der Waals surface area contributed by atoms with Crippen molar-refractivity contribution in [2.24, 2.45) is 0 Å². The first kappa shape index (κ1) is 20.2. The third-order valence-electron chi connectivity index (χ3n) is 4.77. The highest BCUT2D eigenvalue weighted by atomic mass is 19.1. The number of halogens is 1. The molecule has 2 N–H and O–H groups in total. The minimum atomic E-state index is -0.353. The van der Waals surface area contributed by atoms with Crippen molar-refractivity contribution in [2.45, 2.75) is 6.42 Å². The molecule has 0 radical (unpaired) electrons. The minimum absolute atomic E-state index is 0.353. The van der Waals surface area contributed by atoms with E-state index in [2.05, 4.69) is 52.3 Å². The van der Waals surface area contributed by atoms with Crippen LogP contribution in [0.3, 0.4) is 0 Å². The van der Waals surface area contributed by atoms with Gasteiger partial charge in [0, 0.05) is 42.0 Å². The van der Waals surface area contributed by atoms with Gasteiger partial charge in [-0.1, -0.05) is 5.92 Å². The SMILES string of the molecule is Fc1ccc(CCNc2nccc(-c3nccc(C#Cc4ccc5[nH]ncc5c4)n3)n2)nc1. The van der Waals surface area contributed by atoms with Gasteiger partial charge < -0.3 is 5.32 Å². The van der Waals surface area contributed by atoms with E-state index in [9.17, 15) is 4.39 Å². The summed E-state index contributed by atoms with van der Waals surface area (Å²) in [5.74, 6) is 6.75. The highest BCUT2D eigenvalue weighted by molar-refractivity contribution is 5.79. The maximum atomic E-state index is 13.0. The van der Waals surface area contributed by atoms with Crippen LogP contribution in [0.2, 0.25) is 0 Å². The summed E-state index contributed by atoms with van der Waals surface area (Å²) in [6, 6.07) is 12.4. The lowest BCUT2D eigenvalue weighted by molar-refractivity contribution is 0.619. The Hall–Kier alpha value is -4.71. The Morgan fingerprint density at radius 2 is 1.85 bits per heavy atom. The van der Waals surface area contributed by atoms with Gasteiger partial charge in [0.2, 0.25) is 5.95 Å². The predicted molar refractivity (Wildman–Crippen MR) is 122 cm³/mol. The quantitative estimate of drug-likeness (QED) is 0.407. The fourth-order valence-corrected chi connectivity index (χ4v) is 3.13. The van der Waals surface area contributed by atoms with E-state index in [1.807, 2.05) is 18.2 Å². The zero-order valence-electron chi connectivity index (χ0n) is 17.3. The van der Waals surface area contributed by atoms with Gasteiger partial charge >= 0.3 is 0 Å². The molecule has 1 aromatic carbocycles. The maximum Gasteiger partial charge on any atom is 0.223 e. The van der Waals surface area contributed by atoms with E-state index in [0.29, 0.717) is 36.1 Å². The molecule has 0 aliphatic rings. The Morgan fingerprint density at radius 3 is 2.76 bits per heavy atom. The molecule has 0 saturated carbocycles. The van der Waals surface area contributed by atoms with Crippen molar-refractivity contribution in [1.82, 2.24) is 35.1 Å². The molecule has 4 heterocycles. The van der Waals surface area contributed by atoms with Gasteiger partial charge in [-0.25, -0.2) is 24.3 Å². The number of hydrogen-bond acceptors (Lipinski definition) is 7. The standard InChI is InChI=1S/C24H17FN8/c25-18-3-5-19(29-15-18)7-11-27-24-28-12-9-22(32-24)23-26-10-8-20(31-23)4-1-16-2-6-21-17(13-16)14-30-33-21/h2-3,5-6,8-10,12-15H,7,11H2,(H,30,33)(H,27,28,32). The second kappa shape index (κ2) is 9.20. The number of aromatic nitrogens is 7. The van der Waals surface area contributed by atoms with Crippen LogP contribution in [-0.2, 0) is 6.42 Å². The van der Waals surface area contributed by atoms with E-state index in [0.717, 1.165) is 22.2 Å². The molecular formula is C24H17FN8. The lowest BCUT2D eigenvalue weighted by atomic mass is 10.1. The van der Waals surface area contributed by atoms with E-state index >= 15 is 0 Å². The number of pyridine rings is 1. The minimum Gasteiger partial charge on any atom is -0.354 e. The molecule has 5 aromatic rings. The van der Waals surface area contributed by atoms with E-state index in [1.54, 1.807) is 36.8 Å². The van der Waals surface area contributed by atoms with Crippen LogP contribution in [0, 0.1) is 17.7 Å². The number of nitrogens with one attached hydrogen (secondary N) is 2. The Labute approximate surface area is 188 Å². The average molecular weight is 436 g/mol. The van der Waals surface area contributed by atoms with E-state index in [-0.39, 0.29) is 5.82 Å². The van der Waals surface area contributed by atoms with Crippen LogP contribution in [-0.4, -0.2) is 41.7 Å². The number of benzene rings is 1. The molecule has 8 nitrogen and oxygen atoms in total. The number of aromatic amines is 1. The van der Waals surface area contributed by atoms with Crippen LogP contribution in [0.4, 0.5) is 10.3 Å². The zero-order chi connectivity index (χ0) is 22.5. The second-order valence-electron chi connectivity index (χ2n) is 7.10. The molecule has 0 amide bonds. The molecule has 0 atom stereocenters. The Bertz CT molecular complexity index is 1470. The van der Waals surface area contributed by atoms with Gasteiger partial charge in [0.1, 0.15) is 17.2 Å². The molecule has 0 saturated heterocycles. The van der Waals surface area contributed by atoms with Crippen LogP contribution in [0.5, 0.6) is 0 Å². The molecule has 0 unspecified atom stereocenters. The topological polar surface area (TPSA) is 105 Å². The molecule has 5 rings (SSSR count). The third-order valence-corrected chi connectivity index (χ3v) is 4.77. The molecule has 0 fully saturated rings. The van der Waals surface area contributed by atoms with Crippen molar-refractivity contribution in [3.63, 3.8) is 0 Å². The molecule has 33 heavy (non-hydrogen) atoms. The van der Waals surface area contributed by atoms with E-state index in [4.69, 9.17) is 0 Å². The summed E-state index contributed by atoms with van der Waals surface area (Å²) >= 11 is 0. The number of H-pyrrole nitrogens is 1. The van der Waals surface area contributed by atoms with Crippen molar-refractivity contribution in [2.75, 3.05) is 11.9 Å². The van der Waals surface area contributed by atoms with Crippen molar-refractivity contribution in [1.29, 1.82) is 0 Å². The second-order valence-corrected chi connectivity index (χ2v) is 7.10. The summed E-state index contributed by atoms with van der Waals surface area (Å²) in [6.07, 6.45) is 6.87. The van der Waals surface area contributed by atoms with Crippen molar-refractivity contribution in [3.05, 3.63) is 90.0 Å². The number of anilines is 1. The molecule has 0 spiro atoms. The highest BCUT2D eigenvalue weighted by Gasteiger charge is 2.06. The summed E-state index contributed by atoms with van der Waals surface area (Å²) < 4.78 is 13.0. The van der Waals surface area contributed by atoms with Crippen molar-refractivity contribution < 1.29 is 4.39 Å². The largest absolute Gasteiger partial charge is 0.354 e. The smallest absolute Gasteiger partial charge is 0.223 e. The lowest BCUT2D eigenvalue weighted by Gasteiger charge is -2.06. The molecule has 0 aliphatic carbocycles. The van der Waals surface area contributed by atoms with E-state index < -0.39 is 0 Å². The molecular weight excluding hydrogens is 419 g/mol. The van der Waals surface area contributed by atoms with Crippen molar-refractivity contribution in [3.8, 4) is 23.4 Å². The first-order chi connectivity index (χ1) is 16.2. The number of rotatable bonds is 5. The number of hydrogen-bond donors (Lipinski definition) is 2. The first-order valence-electron chi connectivity index (χ1n) is 10.2. The summed E-state index contributed by atoms with van der Waals surface area (Å²) in [7, 11) is 0. The van der Waals surface area contributed by atoms with Crippen LogP contribution < -0.4 is 5.32 Å². The molecule has 160 valence electrons. The molecule has 0 aliphatic heterocycles. The van der Waals surface area contributed by atoms with Gasteiger partial charge in [0.25, 0.3) is 0 Å². The third kappa shape index (κ3) is 4.97. The van der Waals surface area contributed by atoms with Crippen LogP contribution >= 0.6 is 0 Å². The predicted octanol–water partition coefficient (Wildman–Crippen LogP) is 3.40.